The van der Waals surface area contributed by atoms with Gasteiger partial charge in [-0.2, -0.15) is 0 Å². The van der Waals surface area contributed by atoms with Crippen LogP contribution in [0.1, 0.15) is 27.7 Å². The maximum Gasteiger partial charge on any atom is 0.251 e. The molecule has 2 aliphatic rings. The summed E-state index contributed by atoms with van der Waals surface area (Å²) in [5, 5.41) is 2.80. The molecule has 2 saturated heterocycles. The van der Waals surface area contributed by atoms with E-state index in [0.29, 0.717) is 13.2 Å². The van der Waals surface area contributed by atoms with Gasteiger partial charge in [-0.1, -0.05) is 0 Å². The Morgan fingerprint density at radius 1 is 1.56 bits per heavy atom. The number of ether oxygens (including phenoxy) is 4. The molecular weight excluding hydrogens is 238 g/mol. The number of hydrogen-bond acceptors (Lipinski definition) is 5. The second-order valence-electron chi connectivity index (χ2n) is 4.98. The highest BCUT2D eigenvalue weighted by atomic mass is 16.7. The van der Waals surface area contributed by atoms with Gasteiger partial charge in [0.05, 0.1) is 12.6 Å². The van der Waals surface area contributed by atoms with Crippen LogP contribution in [-0.2, 0) is 23.7 Å². The van der Waals surface area contributed by atoms with E-state index in [9.17, 15) is 4.79 Å². The molecule has 18 heavy (non-hydrogen) atoms. The van der Waals surface area contributed by atoms with Crippen LogP contribution in [0.5, 0.6) is 0 Å². The zero-order chi connectivity index (χ0) is 13.3. The molecule has 0 saturated carbocycles. The average Bonchev–Trinajstić information content (AvgIpc) is 2.63. The highest BCUT2D eigenvalue weighted by molar-refractivity contribution is 5.88. The minimum absolute atomic E-state index is 0.125. The van der Waals surface area contributed by atoms with Crippen LogP contribution in [0.4, 0.5) is 0 Å². The first-order chi connectivity index (χ1) is 8.43. The van der Waals surface area contributed by atoms with Gasteiger partial charge in [0, 0.05) is 6.61 Å². The Bertz CT molecular complexity index is 320. The summed E-state index contributed by atoms with van der Waals surface area (Å²) in [7, 11) is 0. The Morgan fingerprint density at radius 3 is 2.78 bits per heavy atom. The first-order valence-electron chi connectivity index (χ1n) is 6.32. The molecule has 1 amide bonds. The molecular formula is C12H21NO5. The van der Waals surface area contributed by atoms with Crippen molar-refractivity contribution >= 4 is 5.91 Å². The van der Waals surface area contributed by atoms with Crippen molar-refractivity contribution in [3.63, 3.8) is 0 Å². The van der Waals surface area contributed by atoms with Gasteiger partial charge in [0.15, 0.2) is 18.2 Å². The van der Waals surface area contributed by atoms with Gasteiger partial charge in [0.25, 0.3) is 5.91 Å². The first kappa shape index (κ1) is 13.7. The van der Waals surface area contributed by atoms with Crippen LogP contribution in [0, 0.1) is 0 Å². The summed E-state index contributed by atoms with van der Waals surface area (Å²) < 4.78 is 22.0. The molecule has 6 heteroatoms. The molecule has 0 radical (unpaired) electrons. The van der Waals surface area contributed by atoms with Gasteiger partial charge in [-0.3, -0.25) is 4.79 Å². The van der Waals surface area contributed by atoms with Crippen molar-refractivity contribution < 1.29 is 23.7 Å². The molecule has 2 rings (SSSR count). The SMILES string of the molecule is CCOC(C)O[C@H]1C(=O)N[C@H]1[C@H]1COC(C)(C)O1. The Morgan fingerprint density at radius 2 is 2.28 bits per heavy atom. The summed E-state index contributed by atoms with van der Waals surface area (Å²) in [4.78, 5) is 11.5. The molecule has 6 nitrogen and oxygen atoms in total. The van der Waals surface area contributed by atoms with Gasteiger partial charge in [0.1, 0.15) is 6.10 Å². The van der Waals surface area contributed by atoms with Gasteiger partial charge in [-0.15, -0.1) is 0 Å². The maximum absolute atomic E-state index is 11.5. The third-order valence-corrected chi connectivity index (χ3v) is 3.06. The lowest BCUT2D eigenvalue weighted by atomic mass is 9.96. The smallest absolute Gasteiger partial charge is 0.251 e. The van der Waals surface area contributed by atoms with Crippen molar-refractivity contribution in [1.29, 1.82) is 0 Å². The molecule has 4 atom stereocenters. The fourth-order valence-electron chi connectivity index (χ4n) is 2.20. The van der Waals surface area contributed by atoms with E-state index in [1.54, 1.807) is 6.92 Å². The molecule has 0 spiro atoms. The number of amides is 1. The zero-order valence-corrected chi connectivity index (χ0v) is 11.3. The molecule has 0 aromatic rings. The Hall–Kier alpha value is -0.690. The Balaban J connectivity index is 1.88. The summed E-state index contributed by atoms with van der Waals surface area (Å²) in [6.45, 7) is 8.38. The van der Waals surface area contributed by atoms with Crippen molar-refractivity contribution in [2.24, 2.45) is 0 Å². The highest BCUT2D eigenvalue weighted by Gasteiger charge is 2.50. The van der Waals surface area contributed by atoms with E-state index < -0.39 is 18.2 Å². The largest absolute Gasteiger partial charge is 0.353 e. The molecule has 0 bridgehead atoms. The summed E-state index contributed by atoms with van der Waals surface area (Å²) >= 11 is 0. The van der Waals surface area contributed by atoms with Crippen LogP contribution < -0.4 is 5.32 Å². The van der Waals surface area contributed by atoms with E-state index in [2.05, 4.69) is 5.32 Å². The van der Waals surface area contributed by atoms with Crippen molar-refractivity contribution in [2.45, 2.75) is 58.0 Å². The molecule has 1 unspecified atom stereocenters. The molecule has 2 aliphatic heterocycles. The van der Waals surface area contributed by atoms with Crippen LogP contribution in [0.25, 0.3) is 0 Å². The van der Waals surface area contributed by atoms with E-state index in [4.69, 9.17) is 18.9 Å². The Labute approximate surface area is 107 Å². The van der Waals surface area contributed by atoms with Gasteiger partial charge < -0.3 is 24.3 Å². The van der Waals surface area contributed by atoms with E-state index in [-0.39, 0.29) is 18.1 Å². The van der Waals surface area contributed by atoms with Crippen LogP contribution in [0.2, 0.25) is 0 Å². The number of hydrogen-bond donors (Lipinski definition) is 1. The third-order valence-electron chi connectivity index (χ3n) is 3.06. The number of carbonyl (C=O) groups is 1. The van der Waals surface area contributed by atoms with E-state index in [1.165, 1.54) is 0 Å². The normalized spacial score (nSPS) is 36.0. The predicted molar refractivity (Wildman–Crippen MR) is 62.8 cm³/mol. The van der Waals surface area contributed by atoms with Crippen LogP contribution >= 0.6 is 0 Å². The van der Waals surface area contributed by atoms with E-state index >= 15 is 0 Å². The highest BCUT2D eigenvalue weighted by Crippen LogP contribution is 2.29. The molecule has 2 heterocycles. The van der Waals surface area contributed by atoms with E-state index in [1.807, 2.05) is 20.8 Å². The van der Waals surface area contributed by atoms with E-state index in [0.717, 1.165) is 0 Å². The first-order valence-corrected chi connectivity index (χ1v) is 6.32. The van der Waals surface area contributed by atoms with Crippen molar-refractivity contribution in [3.8, 4) is 0 Å². The van der Waals surface area contributed by atoms with Crippen molar-refractivity contribution in [3.05, 3.63) is 0 Å². The number of β-lactam (4-membered cyclic amide) rings is 1. The standard InChI is InChI=1S/C12H21NO5/c1-5-15-7(2)17-10-9(13-11(10)14)8-6-16-12(3,4)18-8/h7-10H,5-6H2,1-4H3,(H,13,14)/t7?,8-,9+,10-/m1/s1. The van der Waals surface area contributed by atoms with Crippen molar-refractivity contribution in [1.82, 2.24) is 5.32 Å². The molecule has 0 aromatic heterocycles. The van der Waals surface area contributed by atoms with Gasteiger partial charge in [-0.05, 0) is 27.7 Å². The van der Waals surface area contributed by atoms with Crippen molar-refractivity contribution in [2.75, 3.05) is 13.2 Å². The maximum atomic E-state index is 11.5. The summed E-state index contributed by atoms with van der Waals surface area (Å²) in [6, 6.07) is -0.165. The average molecular weight is 259 g/mol. The topological polar surface area (TPSA) is 66.0 Å². The monoisotopic (exact) mass is 259 g/mol. The molecule has 0 aliphatic carbocycles. The fourth-order valence-corrected chi connectivity index (χ4v) is 2.20. The third kappa shape index (κ3) is 2.83. The molecule has 0 aromatic carbocycles. The minimum Gasteiger partial charge on any atom is -0.353 e. The number of carbonyl (C=O) groups excluding carboxylic acids is 1. The fraction of sp³-hybridized carbons (Fsp3) is 0.917. The van der Waals surface area contributed by atoms with Crippen LogP contribution in [-0.4, -0.2) is 49.4 Å². The molecule has 1 N–H and O–H groups in total. The number of nitrogens with one attached hydrogen (secondary N) is 1. The summed E-state index contributed by atoms with van der Waals surface area (Å²) in [5.41, 5.74) is 0. The van der Waals surface area contributed by atoms with Crippen LogP contribution in [0.15, 0.2) is 0 Å². The lowest BCUT2D eigenvalue weighted by Crippen LogP contribution is -2.69. The second-order valence-corrected chi connectivity index (χ2v) is 4.98. The van der Waals surface area contributed by atoms with Gasteiger partial charge in [0.2, 0.25) is 0 Å². The number of rotatable bonds is 5. The lowest BCUT2D eigenvalue weighted by molar-refractivity contribution is -0.204. The predicted octanol–water partition coefficient (Wildman–Crippen LogP) is 0.404. The van der Waals surface area contributed by atoms with Gasteiger partial charge >= 0.3 is 0 Å². The minimum atomic E-state index is -0.596. The zero-order valence-electron chi connectivity index (χ0n) is 11.3. The lowest BCUT2D eigenvalue weighted by Gasteiger charge is -2.40. The van der Waals surface area contributed by atoms with Crippen LogP contribution in [0.3, 0.4) is 0 Å². The summed E-state index contributed by atoms with van der Waals surface area (Å²) in [5.74, 6) is -0.721. The second kappa shape index (κ2) is 5.13. The molecule has 2 fully saturated rings. The quantitative estimate of drug-likeness (QED) is 0.572. The van der Waals surface area contributed by atoms with Gasteiger partial charge in [-0.25, -0.2) is 0 Å². The summed E-state index contributed by atoms with van der Waals surface area (Å²) in [6.07, 6.45) is -1.09. The Kier molecular flexibility index (Phi) is 3.91. The molecule has 104 valence electrons.